The molecule has 0 aromatic heterocycles. The first kappa shape index (κ1) is 30.0. The summed E-state index contributed by atoms with van der Waals surface area (Å²) in [6.07, 6.45) is 6.91. The summed E-state index contributed by atoms with van der Waals surface area (Å²) >= 11 is 4.52. The number of allylic oxidation sites excluding steroid dienone is 6. The van der Waals surface area contributed by atoms with Crippen molar-refractivity contribution < 1.29 is 61.6 Å². The molecule has 0 heterocycles. The molecule has 0 spiro atoms. The Morgan fingerprint density at radius 1 is 0.741 bits per heavy atom. The fourth-order valence-electron chi connectivity index (χ4n) is 0.909. The second-order valence-corrected chi connectivity index (χ2v) is 4.71. The quantitative estimate of drug-likeness (QED) is 0.240. The molecule has 0 fully saturated rings. The Hall–Kier alpha value is -1.77. The third-order valence-electron chi connectivity index (χ3n) is 2.06. The summed E-state index contributed by atoms with van der Waals surface area (Å²) < 4.78 is 63.5. The second-order valence-electron chi connectivity index (χ2n) is 4.30. The molecule has 0 saturated heterocycles. The molecule has 4 nitrogen and oxygen atoms in total. The summed E-state index contributed by atoms with van der Waals surface area (Å²) in [6, 6.07) is 0. The molecule has 0 bridgehead atoms. The minimum atomic E-state index is -5.08. The van der Waals surface area contributed by atoms with Crippen molar-refractivity contribution in [3.05, 3.63) is 43.4 Å². The minimum absolute atomic E-state index is 0.776. The first-order valence-electron chi connectivity index (χ1n) is 7.16. The fraction of sp³-hybridized carbons (Fsp3) is 0.438. The van der Waals surface area contributed by atoms with Gasteiger partial charge in [0, 0.05) is 0 Å². The molecular weight excluding hydrogens is 429 g/mol. The van der Waals surface area contributed by atoms with E-state index in [0.29, 0.717) is 0 Å². The average molecular weight is 449 g/mol. The number of alkyl halides is 6. The van der Waals surface area contributed by atoms with Crippen molar-refractivity contribution in [1.29, 1.82) is 0 Å². The van der Waals surface area contributed by atoms with E-state index < -0.39 is 24.3 Å². The Morgan fingerprint density at radius 2 is 1.00 bits per heavy atom. The zero-order chi connectivity index (χ0) is 21.9. The summed E-state index contributed by atoms with van der Waals surface area (Å²) in [4.78, 5) is 17.8. The van der Waals surface area contributed by atoms with Gasteiger partial charge in [-0.1, -0.05) is 0 Å². The first-order chi connectivity index (χ1) is 12.3. The number of hydrogen-bond donors (Lipinski definition) is 2. The molecule has 0 aromatic rings. The van der Waals surface area contributed by atoms with E-state index >= 15 is 0 Å². The standard InChI is InChI=1S/C12H18.2C2HF3O2.Ni/c1-3-5-7-9-11-12-10-8-6-4-2;2*3-2(4,5)1(6)7;/h3-6,11-12H,1-2,7-10H2;2*(H,6,7);. The van der Waals surface area contributed by atoms with Crippen LogP contribution in [-0.4, -0.2) is 34.5 Å². The van der Waals surface area contributed by atoms with Crippen LogP contribution in [-0.2, 0) is 25.1 Å². The molecule has 0 aliphatic heterocycles. The summed E-state index contributed by atoms with van der Waals surface area (Å²) in [5, 5.41) is 15.0. The fourth-order valence-corrected chi connectivity index (χ4v) is 1.07. The Balaban J connectivity index is -0.000000350. The van der Waals surface area contributed by atoms with Crippen LogP contribution in [0.25, 0.3) is 0 Å². The predicted octanol–water partition coefficient (Wildman–Crippen LogP) is 5.28. The van der Waals surface area contributed by atoms with E-state index in [4.69, 9.17) is 19.8 Å². The van der Waals surface area contributed by atoms with Gasteiger partial charge in [0.25, 0.3) is 0 Å². The van der Waals surface area contributed by atoms with Gasteiger partial charge in [-0.15, -0.1) is 0 Å². The number of unbranched alkanes of at least 4 members (excludes halogenated alkanes) is 2. The van der Waals surface area contributed by atoms with E-state index in [2.05, 4.69) is 52.8 Å². The van der Waals surface area contributed by atoms with Crippen LogP contribution < -0.4 is 0 Å². The van der Waals surface area contributed by atoms with Gasteiger partial charge in [0.15, 0.2) is 0 Å². The van der Waals surface area contributed by atoms with E-state index in [-0.39, 0.29) is 0 Å². The Labute approximate surface area is 161 Å². The van der Waals surface area contributed by atoms with Gasteiger partial charge in [-0.25, -0.2) is 9.59 Å². The predicted molar refractivity (Wildman–Crippen MR) is 83.4 cm³/mol. The van der Waals surface area contributed by atoms with Crippen molar-refractivity contribution in [2.45, 2.75) is 43.4 Å². The first-order valence-corrected chi connectivity index (χ1v) is 7.86. The maximum absolute atomic E-state index is 10.6. The van der Waals surface area contributed by atoms with Crippen molar-refractivity contribution in [3.8, 4) is 0 Å². The van der Waals surface area contributed by atoms with Gasteiger partial charge in [0.1, 0.15) is 0 Å². The Kier molecular flexibility index (Phi) is 19.6. The van der Waals surface area contributed by atoms with Crippen LogP contribution >= 0.6 is 0 Å². The molecule has 2 N–H and O–H groups in total. The molecule has 0 aliphatic carbocycles. The number of rotatable bonds is 7. The molecule has 0 unspecified atom stereocenters. The van der Waals surface area contributed by atoms with E-state index in [1.165, 1.54) is 0 Å². The topological polar surface area (TPSA) is 74.6 Å². The van der Waals surface area contributed by atoms with E-state index in [9.17, 15) is 26.3 Å². The number of halogens is 6. The average Bonchev–Trinajstić information content (AvgIpc) is 2.53. The normalized spacial score (nSPS) is 11.9. The van der Waals surface area contributed by atoms with Gasteiger partial charge in [0.05, 0.1) is 0 Å². The molecule has 27 heavy (non-hydrogen) atoms. The van der Waals surface area contributed by atoms with Crippen LogP contribution in [0, 0.1) is 6.92 Å². The molecule has 0 atom stereocenters. The van der Waals surface area contributed by atoms with Crippen LogP contribution in [0.1, 0.15) is 25.7 Å². The van der Waals surface area contributed by atoms with Gasteiger partial charge < -0.3 is 10.2 Å². The monoisotopic (exact) mass is 448 g/mol. The zero-order valence-corrected chi connectivity index (χ0v) is 15.0. The number of carboxylic acid groups (broad SMARTS) is 2. The van der Waals surface area contributed by atoms with Crippen molar-refractivity contribution in [3.63, 3.8) is 0 Å². The molecule has 0 amide bonds. The summed E-state index contributed by atoms with van der Waals surface area (Å²) in [5.74, 6) is -5.51. The van der Waals surface area contributed by atoms with Crippen LogP contribution in [0.5, 0.6) is 0 Å². The molecule has 0 saturated carbocycles. The molecule has 0 rings (SSSR count). The van der Waals surface area contributed by atoms with Crippen LogP contribution in [0.15, 0.2) is 36.5 Å². The third-order valence-corrected chi connectivity index (χ3v) is 2.29. The van der Waals surface area contributed by atoms with E-state index in [1.54, 1.807) is 0 Å². The number of aliphatic carboxylic acids is 2. The molecular formula is C16H20F6NiO4. The van der Waals surface area contributed by atoms with Gasteiger partial charge in [-0.3, -0.25) is 0 Å². The molecule has 11 heteroatoms. The molecule has 1 radical (unpaired) electrons. The summed E-state index contributed by atoms with van der Waals surface area (Å²) in [5.41, 5.74) is 0. The summed E-state index contributed by atoms with van der Waals surface area (Å²) in [7, 11) is 0. The van der Waals surface area contributed by atoms with Crippen LogP contribution in [0.4, 0.5) is 26.3 Å². The van der Waals surface area contributed by atoms with Gasteiger partial charge in [-0.05, 0) is 0 Å². The number of carbonyl (C=O) groups is 2. The second kappa shape index (κ2) is 17.6. The summed E-state index contributed by atoms with van der Waals surface area (Å²) in [6.45, 7) is 3.63. The van der Waals surface area contributed by atoms with Crippen LogP contribution in [0.2, 0.25) is 5.39 Å². The van der Waals surface area contributed by atoms with Gasteiger partial charge in [-0.2, -0.15) is 26.3 Å². The SMILES string of the molecule is O=C(O)C(F)(F)F.O=C(O)C(F)(F)F.[CH2]C=CCCC=CCCC=C[CH2][Ni]. The number of hydrogen-bond acceptors (Lipinski definition) is 2. The molecule has 0 aliphatic rings. The Bertz CT molecular complexity index is 458. The van der Waals surface area contributed by atoms with Crippen molar-refractivity contribution in [2.75, 3.05) is 0 Å². The third kappa shape index (κ3) is 29.3. The van der Waals surface area contributed by atoms with E-state index in [0.717, 1.165) is 31.1 Å². The van der Waals surface area contributed by atoms with Crippen molar-refractivity contribution in [2.24, 2.45) is 0 Å². The zero-order valence-electron chi connectivity index (χ0n) is 14.0. The Morgan fingerprint density at radius 3 is 1.22 bits per heavy atom. The van der Waals surface area contributed by atoms with Crippen molar-refractivity contribution in [1.82, 2.24) is 0 Å². The van der Waals surface area contributed by atoms with Crippen molar-refractivity contribution >= 4 is 11.9 Å². The molecule has 0 aromatic carbocycles. The number of carboxylic acids is 2. The van der Waals surface area contributed by atoms with Crippen LogP contribution in [0.3, 0.4) is 0 Å². The van der Waals surface area contributed by atoms with Gasteiger partial charge in [0.2, 0.25) is 0 Å². The maximum atomic E-state index is 10.6. The van der Waals surface area contributed by atoms with Gasteiger partial charge >= 0.3 is 114 Å². The molecule has 160 valence electrons. The van der Waals surface area contributed by atoms with E-state index in [1.807, 2.05) is 6.08 Å².